The van der Waals surface area contributed by atoms with Gasteiger partial charge >= 0.3 is 0 Å². The van der Waals surface area contributed by atoms with E-state index in [-0.39, 0.29) is 12.4 Å². The normalized spacial score (nSPS) is 8.50. The van der Waals surface area contributed by atoms with Crippen LogP contribution in [-0.4, -0.2) is 0 Å². The minimum Gasteiger partial charge on any atom is -0.277 e. The molecule has 0 aromatic heterocycles. The SMILES string of the molecule is Cc1ccc(N=[PH3])cc1.Cl. The highest BCUT2D eigenvalue weighted by Gasteiger charge is 1.83. The lowest BCUT2D eigenvalue weighted by Gasteiger charge is -1.91. The van der Waals surface area contributed by atoms with Crippen molar-refractivity contribution in [3.63, 3.8) is 0 Å². The smallest absolute Gasteiger partial charge is 0.0604 e. The molecule has 1 aromatic carbocycles. The third kappa shape index (κ3) is 2.55. The summed E-state index contributed by atoms with van der Waals surface area (Å²) in [4.78, 5) is 0. The molecule has 0 aliphatic heterocycles. The molecule has 56 valence electrons. The van der Waals surface area contributed by atoms with Crippen LogP contribution < -0.4 is 0 Å². The van der Waals surface area contributed by atoms with Crippen molar-refractivity contribution in [2.45, 2.75) is 6.92 Å². The Morgan fingerprint density at radius 3 is 2.10 bits per heavy atom. The average molecular weight is 176 g/mol. The quantitative estimate of drug-likeness (QED) is 0.582. The predicted molar refractivity (Wildman–Crippen MR) is 51.6 cm³/mol. The maximum Gasteiger partial charge on any atom is 0.0604 e. The predicted octanol–water partition coefficient (Wildman–Crippen LogP) is 2.84. The summed E-state index contributed by atoms with van der Waals surface area (Å²) in [6.45, 7) is 2.07. The molecule has 0 amide bonds. The van der Waals surface area contributed by atoms with Gasteiger partial charge in [-0.2, -0.15) is 0 Å². The standard InChI is InChI=1S/C7H10NP.ClH/c1-6-2-4-7(8-9)5-3-6;/h2-5H,1,9H3;1H. The zero-order valence-corrected chi connectivity index (χ0v) is 8.10. The van der Waals surface area contributed by atoms with E-state index >= 15 is 0 Å². The van der Waals surface area contributed by atoms with Crippen LogP contribution in [0.3, 0.4) is 0 Å². The Kier molecular flexibility index (Phi) is 4.42. The van der Waals surface area contributed by atoms with Gasteiger partial charge in [-0.3, -0.25) is 4.74 Å². The maximum atomic E-state index is 4.04. The van der Waals surface area contributed by atoms with Gasteiger partial charge in [-0.25, -0.2) is 0 Å². The number of halogens is 1. The largest absolute Gasteiger partial charge is 0.277 e. The zero-order chi connectivity index (χ0) is 6.69. The Balaban J connectivity index is 0.000000810. The first-order chi connectivity index (χ1) is 4.33. The zero-order valence-electron chi connectivity index (χ0n) is 5.87. The fraction of sp³-hybridized carbons (Fsp3) is 0.143. The first-order valence-electron chi connectivity index (χ1n) is 2.86. The molecule has 0 N–H and O–H groups in total. The van der Waals surface area contributed by atoms with Gasteiger partial charge in [-0.1, -0.05) is 26.7 Å². The summed E-state index contributed by atoms with van der Waals surface area (Å²) in [5.41, 5.74) is 2.34. The van der Waals surface area contributed by atoms with E-state index in [0.29, 0.717) is 0 Å². The van der Waals surface area contributed by atoms with E-state index in [0.717, 1.165) is 5.69 Å². The summed E-state index contributed by atoms with van der Waals surface area (Å²) < 4.78 is 4.04. The first kappa shape index (κ1) is 9.74. The molecule has 0 spiro atoms. The van der Waals surface area contributed by atoms with E-state index in [1.54, 1.807) is 9.03 Å². The van der Waals surface area contributed by atoms with Crippen molar-refractivity contribution < 1.29 is 0 Å². The van der Waals surface area contributed by atoms with Crippen LogP contribution in [0.4, 0.5) is 5.69 Å². The number of rotatable bonds is 1. The second kappa shape index (κ2) is 4.54. The van der Waals surface area contributed by atoms with Crippen molar-refractivity contribution in [3.8, 4) is 0 Å². The number of nitrogens with zero attached hydrogens (tertiary/aromatic N) is 1. The van der Waals surface area contributed by atoms with E-state index in [2.05, 4.69) is 23.8 Å². The van der Waals surface area contributed by atoms with Crippen molar-refractivity contribution >= 4 is 27.1 Å². The van der Waals surface area contributed by atoms with Gasteiger partial charge in [0.05, 0.1) is 5.69 Å². The molecule has 0 saturated heterocycles. The van der Waals surface area contributed by atoms with Crippen LogP contribution in [0.5, 0.6) is 0 Å². The average Bonchev–Trinajstić information content (AvgIpc) is 1.90. The number of benzene rings is 1. The Bertz CT molecular complexity index is 207. The molecule has 0 aliphatic rings. The monoisotopic (exact) mass is 175 g/mol. The third-order valence-corrected chi connectivity index (χ3v) is 1.58. The Morgan fingerprint density at radius 2 is 1.70 bits per heavy atom. The van der Waals surface area contributed by atoms with Crippen LogP contribution in [0.25, 0.3) is 0 Å². The summed E-state index contributed by atoms with van der Waals surface area (Å²) in [6.07, 6.45) is 0. The molecular weight excluding hydrogens is 165 g/mol. The summed E-state index contributed by atoms with van der Waals surface area (Å²) in [6, 6.07) is 8.16. The molecule has 0 radical (unpaired) electrons. The lowest BCUT2D eigenvalue weighted by atomic mass is 10.2. The number of aryl methyl sites for hydroxylation is 1. The van der Waals surface area contributed by atoms with Gasteiger partial charge in [0.25, 0.3) is 0 Å². The minimum absolute atomic E-state index is 0. The van der Waals surface area contributed by atoms with Crippen molar-refractivity contribution in [1.82, 2.24) is 0 Å². The highest BCUT2D eigenvalue weighted by Crippen LogP contribution is 2.12. The molecule has 0 bridgehead atoms. The Morgan fingerprint density at radius 1 is 1.20 bits per heavy atom. The van der Waals surface area contributed by atoms with Crippen molar-refractivity contribution in [2.24, 2.45) is 4.74 Å². The molecule has 0 heterocycles. The van der Waals surface area contributed by atoms with Crippen LogP contribution in [0.15, 0.2) is 29.0 Å². The minimum atomic E-state index is 0. The van der Waals surface area contributed by atoms with E-state index in [4.69, 9.17) is 0 Å². The molecule has 0 fully saturated rings. The molecule has 10 heavy (non-hydrogen) atoms. The molecule has 3 heteroatoms. The molecule has 1 rings (SSSR count). The number of hydrogen-bond donors (Lipinski definition) is 0. The van der Waals surface area contributed by atoms with Gasteiger partial charge in [0.15, 0.2) is 0 Å². The highest BCUT2D eigenvalue weighted by atomic mass is 35.5. The second-order valence-electron chi connectivity index (χ2n) is 1.99. The second-order valence-corrected chi connectivity index (χ2v) is 2.31. The van der Waals surface area contributed by atoms with Crippen LogP contribution in [0, 0.1) is 6.92 Å². The van der Waals surface area contributed by atoms with E-state index in [1.165, 1.54) is 5.56 Å². The fourth-order valence-electron chi connectivity index (χ4n) is 0.650. The highest BCUT2D eigenvalue weighted by molar-refractivity contribution is 7.04. The molecule has 0 aliphatic carbocycles. The summed E-state index contributed by atoms with van der Waals surface area (Å²) in [5, 5.41) is 0. The van der Waals surface area contributed by atoms with Gasteiger partial charge in [0.2, 0.25) is 0 Å². The van der Waals surface area contributed by atoms with Crippen LogP contribution in [0.2, 0.25) is 0 Å². The number of hydrogen-bond acceptors (Lipinski definition) is 1. The Labute approximate surface area is 69.2 Å². The fourth-order valence-corrected chi connectivity index (χ4v) is 0.861. The molecule has 1 aromatic rings. The maximum absolute atomic E-state index is 4.04. The topological polar surface area (TPSA) is 12.4 Å². The van der Waals surface area contributed by atoms with Gasteiger partial charge in [-0.05, 0) is 19.1 Å². The summed E-state index contributed by atoms with van der Waals surface area (Å²) in [5.74, 6) is 0. The van der Waals surface area contributed by atoms with E-state index < -0.39 is 0 Å². The van der Waals surface area contributed by atoms with Gasteiger partial charge in [-0.15, -0.1) is 12.4 Å². The lowest BCUT2D eigenvalue weighted by Crippen LogP contribution is -1.65. The lowest BCUT2D eigenvalue weighted by molar-refractivity contribution is 1.45. The molecule has 1 nitrogen and oxygen atoms in total. The molecule has 1 unspecified atom stereocenters. The molecule has 0 saturated carbocycles. The summed E-state index contributed by atoms with van der Waals surface area (Å²) in [7, 11) is 1.62. The summed E-state index contributed by atoms with van der Waals surface area (Å²) >= 11 is 0. The third-order valence-electron chi connectivity index (χ3n) is 1.22. The van der Waals surface area contributed by atoms with Gasteiger partial charge in [0.1, 0.15) is 0 Å². The first-order valence-corrected chi connectivity index (χ1v) is 3.49. The van der Waals surface area contributed by atoms with E-state index in [9.17, 15) is 0 Å². The van der Waals surface area contributed by atoms with Gasteiger partial charge in [0, 0.05) is 0 Å². The molecule has 1 atom stereocenters. The Hall–Kier alpha value is -0.260. The van der Waals surface area contributed by atoms with Crippen molar-refractivity contribution in [1.29, 1.82) is 0 Å². The van der Waals surface area contributed by atoms with Crippen molar-refractivity contribution in [3.05, 3.63) is 29.8 Å². The van der Waals surface area contributed by atoms with Crippen LogP contribution >= 0.6 is 21.4 Å². The van der Waals surface area contributed by atoms with Crippen molar-refractivity contribution in [2.75, 3.05) is 0 Å². The van der Waals surface area contributed by atoms with Gasteiger partial charge < -0.3 is 0 Å². The van der Waals surface area contributed by atoms with Crippen LogP contribution in [0.1, 0.15) is 5.56 Å². The van der Waals surface area contributed by atoms with Crippen LogP contribution in [-0.2, 0) is 0 Å². The molecular formula is C7H11ClNP. The van der Waals surface area contributed by atoms with E-state index in [1.807, 2.05) is 12.1 Å².